The molecule has 138 valence electrons. The molecule has 0 bridgehead atoms. The Kier molecular flexibility index (Phi) is 7.21. The number of amides is 2. The molecule has 0 aliphatic carbocycles. The Morgan fingerprint density at radius 3 is 2.23 bits per heavy atom. The summed E-state index contributed by atoms with van der Waals surface area (Å²) in [6.45, 7) is 6.33. The van der Waals surface area contributed by atoms with Gasteiger partial charge in [-0.15, -0.1) is 0 Å². The summed E-state index contributed by atoms with van der Waals surface area (Å²) in [5.74, 6) is 0.318. The summed E-state index contributed by atoms with van der Waals surface area (Å²) in [5, 5.41) is 5.72. The minimum atomic E-state index is -0.509. The molecule has 2 rings (SSSR count). The van der Waals surface area contributed by atoms with Crippen LogP contribution in [0.5, 0.6) is 0 Å². The van der Waals surface area contributed by atoms with Gasteiger partial charge in [0.25, 0.3) is 5.91 Å². The molecule has 26 heavy (non-hydrogen) atoms. The van der Waals surface area contributed by atoms with Gasteiger partial charge in [-0.05, 0) is 49.1 Å². The van der Waals surface area contributed by atoms with Crippen LogP contribution in [0.1, 0.15) is 49.2 Å². The van der Waals surface area contributed by atoms with E-state index >= 15 is 0 Å². The third-order valence-electron chi connectivity index (χ3n) is 3.88. The van der Waals surface area contributed by atoms with E-state index in [1.54, 1.807) is 31.2 Å². The third kappa shape index (κ3) is 5.92. The van der Waals surface area contributed by atoms with E-state index in [0.29, 0.717) is 23.8 Å². The Labute approximate surface area is 154 Å². The molecule has 0 aliphatic rings. The van der Waals surface area contributed by atoms with E-state index < -0.39 is 6.09 Å². The second-order valence-corrected chi connectivity index (χ2v) is 6.49. The van der Waals surface area contributed by atoms with Crippen molar-refractivity contribution in [1.29, 1.82) is 0 Å². The maximum Gasteiger partial charge on any atom is 0.411 e. The van der Waals surface area contributed by atoms with Crippen LogP contribution in [0, 0.1) is 5.92 Å². The van der Waals surface area contributed by atoms with Gasteiger partial charge in [-0.3, -0.25) is 10.1 Å². The molecule has 0 saturated heterocycles. The van der Waals surface area contributed by atoms with Crippen LogP contribution in [0.3, 0.4) is 0 Å². The van der Waals surface area contributed by atoms with Crippen LogP contribution < -0.4 is 10.6 Å². The van der Waals surface area contributed by atoms with E-state index in [4.69, 9.17) is 4.74 Å². The van der Waals surface area contributed by atoms with Gasteiger partial charge in [0, 0.05) is 11.3 Å². The highest BCUT2D eigenvalue weighted by Gasteiger charge is 2.17. The summed E-state index contributed by atoms with van der Waals surface area (Å²) in [6.07, 6.45) is 0.351. The molecule has 0 radical (unpaired) electrons. The van der Waals surface area contributed by atoms with Crippen molar-refractivity contribution in [3.63, 3.8) is 0 Å². The average molecular weight is 354 g/mol. The molecule has 2 N–H and O–H groups in total. The monoisotopic (exact) mass is 354 g/mol. The van der Waals surface area contributed by atoms with Crippen LogP contribution in [-0.2, 0) is 4.74 Å². The van der Waals surface area contributed by atoms with Gasteiger partial charge in [0.05, 0.1) is 12.6 Å². The lowest BCUT2D eigenvalue weighted by atomic mass is 9.96. The summed E-state index contributed by atoms with van der Waals surface area (Å²) in [7, 11) is 0. The molecule has 0 heterocycles. The van der Waals surface area contributed by atoms with Gasteiger partial charge in [0.1, 0.15) is 0 Å². The molecular formula is C21H26N2O3. The predicted molar refractivity (Wildman–Crippen MR) is 103 cm³/mol. The van der Waals surface area contributed by atoms with Crippen molar-refractivity contribution in [2.75, 3.05) is 11.9 Å². The molecule has 2 aromatic carbocycles. The van der Waals surface area contributed by atoms with Gasteiger partial charge in [0.15, 0.2) is 0 Å². The third-order valence-corrected chi connectivity index (χ3v) is 3.88. The summed E-state index contributed by atoms with van der Waals surface area (Å²) < 4.78 is 4.83. The zero-order valence-electron chi connectivity index (χ0n) is 15.5. The molecular weight excluding hydrogens is 328 g/mol. The number of ether oxygens (including phenoxy) is 1. The van der Waals surface area contributed by atoms with Gasteiger partial charge in [-0.1, -0.05) is 44.2 Å². The summed E-state index contributed by atoms with van der Waals surface area (Å²) >= 11 is 0. The molecule has 1 atom stereocenters. The quantitative estimate of drug-likeness (QED) is 0.752. The number of hydrogen-bond donors (Lipinski definition) is 2. The van der Waals surface area contributed by atoms with Crippen molar-refractivity contribution in [3.8, 4) is 0 Å². The van der Waals surface area contributed by atoms with Crippen LogP contribution >= 0.6 is 0 Å². The minimum absolute atomic E-state index is 0.0407. The molecule has 5 nitrogen and oxygen atoms in total. The highest BCUT2D eigenvalue weighted by atomic mass is 16.5. The molecule has 0 aliphatic heterocycles. The molecule has 0 fully saturated rings. The summed E-state index contributed by atoms with van der Waals surface area (Å²) in [6, 6.07) is 16.7. The first-order valence-corrected chi connectivity index (χ1v) is 8.89. The first kappa shape index (κ1) is 19.5. The minimum Gasteiger partial charge on any atom is -0.450 e. The van der Waals surface area contributed by atoms with Crippen LogP contribution in [0.4, 0.5) is 10.5 Å². The van der Waals surface area contributed by atoms with Crippen molar-refractivity contribution < 1.29 is 14.3 Å². The van der Waals surface area contributed by atoms with Crippen LogP contribution in [0.2, 0.25) is 0 Å². The summed E-state index contributed by atoms with van der Waals surface area (Å²) in [5.41, 5.74) is 2.22. The number of carbonyl (C=O) groups excluding carboxylic acids is 2. The normalized spacial score (nSPS) is 11.7. The van der Waals surface area contributed by atoms with Gasteiger partial charge in [-0.2, -0.15) is 0 Å². The largest absolute Gasteiger partial charge is 0.450 e. The fourth-order valence-electron chi connectivity index (χ4n) is 2.67. The second-order valence-electron chi connectivity index (χ2n) is 6.49. The van der Waals surface area contributed by atoms with E-state index in [1.807, 2.05) is 30.3 Å². The van der Waals surface area contributed by atoms with E-state index in [2.05, 4.69) is 24.5 Å². The maximum absolute atomic E-state index is 12.6. The number of rotatable bonds is 7. The fraction of sp³-hybridized carbons (Fsp3) is 0.333. The van der Waals surface area contributed by atoms with Crippen LogP contribution in [0.25, 0.3) is 0 Å². The van der Waals surface area contributed by atoms with Crippen molar-refractivity contribution in [2.24, 2.45) is 5.92 Å². The number of carbonyl (C=O) groups is 2. The van der Waals surface area contributed by atoms with Crippen molar-refractivity contribution in [2.45, 2.75) is 33.2 Å². The van der Waals surface area contributed by atoms with Crippen molar-refractivity contribution in [3.05, 3.63) is 65.7 Å². The van der Waals surface area contributed by atoms with Crippen LogP contribution in [0.15, 0.2) is 54.6 Å². The zero-order valence-corrected chi connectivity index (χ0v) is 15.5. The van der Waals surface area contributed by atoms with Gasteiger partial charge < -0.3 is 10.1 Å². The molecule has 2 amide bonds. The SMILES string of the molecule is CCOC(=O)Nc1ccc(C(=O)NC(CC(C)C)c2ccccc2)cc1. The Morgan fingerprint density at radius 1 is 1.00 bits per heavy atom. The molecule has 0 aromatic heterocycles. The lowest BCUT2D eigenvalue weighted by Gasteiger charge is -2.21. The zero-order chi connectivity index (χ0) is 18.9. The van der Waals surface area contributed by atoms with E-state index in [1.165, 1.54) is 0 Å². The van der Waals surface area contributed by atoms with Gasteiger partial charge >= 0.3 is 6.09 Å². The van der Waals surface area contributed by atoms with E-state index in [-0.39, 0.29) is 11.9 Å². The fourth-order valence-corrected chi connectivity index (χ4v) is 2.67. The standard InChI is InChI=1S/C21H26N2O3/c1-4-26-21(25)22-18-12-10-17(11-13-18)20(24)23-19(14-15(2)3)16-8-6-5-7-9-16/h5-13,15,19H,4,14H2,1-3H3,(H,22,25)(H,23,24). The lowest BCUT2D eigenvalue weighted by molar-refractivity contribution is 0.0932. The number of hydrogen-bond acceptors (Lipinski definition) is 3. The Balaban J connectivity index is 2.05. The first-order chi connectivity index (χ1) is 12.5. The highest BCUT2D eigenvalue weighted by Crippen LogP contribution is 2.22. The van der Waals surface area contributed by atoms with E-state index in [9.17, 15) is 9.59 Å². The molecule has 0 spiro atoms. The predicted octanol–water partition coefficient (Wildman–Crippen LogP) is 4.77. The number of nitrogens with one attached hydrogen (secondary N) is 2. The molecule has 0 saturated carbocycles. The Hall–Kier alpha value is -2.82. The Bertz CT molecular complexity index is 712. The molecule has 2 aromatic rings. The maximum atomic E-state index is 12.6. The number of benzene rings is 2. The second kappa shape index (κ2) is 9.61. The summed E-state index contributed by atoms with van der Waals surface area (Å²) in [4.78, 5) is 24.0. The van der Waals surface area contributed by atoms with E-state index in [0.717, 1.165) is 12.0 Å². The first-order valence-electron chi connectivity index (χ1n) is 8.89. The molecule has 1 unspecified atom stereocenters. The Morgan fingerprint density at radius 2 is 1.65 bits per heavy atom. The average Bonchev–Trinajstić information content (AvgIpc) is 2.62. The smallest absolute Gasteiger partial charge is 0.411 e. The van der Waals surface area contributed by atoms with Crippen LogP contribution in [-0.4, -0.2) is 18.6 Å². The lowest BCUT2D eigenvalue weighted by Crippen LogP contribution is -2.29. The number of anilines is 1. The van der Waals surface area contributed by atoms with Gasteiger partial charge in [-0.25, -0.2) is 4.79 Å². The van der Waals surface area contributed by atoms with Crippen molar-refractivity contribution in [1.82, 2.24) is 5.32 Å². The van der Waals surface area contributed by atoms with Crippen molar-refractivity contribution >= 4 is 17.7 Å². The topological polar surface area (TPSA) is 67.4 Å². The highest BCUT2D eigenvalue weighted by molar-refractivity contribution is 5.95. The molecule has 5 heteroatoms. The van der Waals surface area contributed by atoms with Gasteiger partial charge in [0.2, 0.25) is 0 Å².